The first kappa shape index (κ1) is 20.3. The molecule has 1 aromatic carbocycles. The minimum absolute atomic E-state index is 0.0806. The number of hydrogen-bond acceptors (Lipinski definition) is 5. The van der Waals surface area contributed by atoms with E-state index in [1.54, 1.807) is 0 Å². The first-order chi connectivity index (χ1) is 12.4. The molecule has 7 heteroatoms. The predicted octanol–water partition coefficient (Wildman–Crippen LogP) is 3.39. The number of hydrogen-bond donors (Lipinski definition) is 1. The summed E-state index contributed by atoms with van der Waals surface area (Å²) in [7, 11) is 1.36. The summed E-state index contributed by atoms with van der Waals surface area (Å²) in [6, 6.07) is 1.83. The van der Waals surface area contributed by atoms with Gasteiger partial charge in [0.25, 0.3) is 0 Å². The second-order valence-electron chi connectivity index (χ2n) is 6.62. The molecule has 1 aromatic rings. The van der Waals surface area contributed by atoms with E-state index >= 15 is 0 Å². The normalized spacial score (nSPS) is 19.8. The van der Waals surface area contributed by atoms with Crippen molar-refractivity contribution in [3.05, 3.63) is 29.3 Å². The fraction of sp³-hybridized carbons (Fsp3) is 0.579. The van der Waals surface area contributed by atoms with E-state index in [1.165, 1.54) is 7.11 Å². The molecule has 0 aliphatic heterocycles. The molecule has 0 spiro atoms. The standard InChI is InChI=1S/C19H25F2NO4/c1-25-19(24)9-12-4-6-13(7-5-12)26-18-11-15(20)14(10-16(18)21)17(23)3-2-8-22/h10-13H,2-9,22H2,1H3. The van der Waals surface area contributed by atoms with Gasteiger partial charge in [-0.2, -0.15) is 0 Å². The van der Waals surface area contributed by atoms with Crippen LogP contribution in [-0.4, -0.2) is 31.5 Å². The molecule has 5 nitrogen and oxygen atoms in total. The highest BCUT2D eigenvalue weighted by molar-refractivity contribution is 5.96. The molecule has 1 aliphatic rings. The van der Waals surface area contributed by atoms with Gasteiger partial charge in [0.15, 0.2) is 17.3 Å². The molecule has 2 rings (SSSR count). The van der Waals surface area contributed by atoms with Crippen LogP contribution in [0.1, 0.15) is 55.3 Å². The van der Waals surface area contributed by atoms with E-state index in [0.29, 0.717) is 32.2 Å². The number of Topliss-reactive ketones (excluding diaryl/α,β-unsaturated/α-hetero) is 1. The maximum absolute atomic E-state index is 14.2. The molecule has 144 valence electrons. The molecular weight excluding hydrogens is 344 g/mol. The maximum Gasteiger partial charge on any atom is 0.305 e. The number of halogens is 2. The van der Waals surface area contributed by atoms with Gasteiger partial charge in [0.1, 0.15) is 5.82 Å². The first-order valence-corrected chi connectivity index (χ1v) is 8.90. The van der Waals surface area contributed by atoms with E-state index in [1.807, 2.05) is 0 Å². The van der Waals surface area contributed by atoms with E-state index < -0.39 is 17.4 Å². The largest absolute Gasteiger partial charge is 0.487 e. The van der Waals surface area contributed by atoms with Crippen LogP contribution >= 0.6 is 0 Å². The van der Waals surface area contributed by atoms with Gasteiger partial charge >= 0.3 is 5.97 Å². The summed E-state index contributed by atoms with van der Waals surface area (Å²) in [5.74, 6) is -2.21. The van der Waals surface area contributed by atoms with Gasteiger partial charge in [-0.05, 0) is 50.6 Å². The average molecular weight is 369 g/mol. The van der Waals surface area contributed by atoms with Gasteiger partial charge < -0.3 is 15.2 Å². The molecule has 0 radical (unpaired) electrons. The maximum atomic E-state index is 14.2. The van der Waals surface area contributed by atoms with Crippen LogP contribution in [0.3, 0.4) is 0 Å². The van der Waals surface area contributed by atoms with Crippen molar-refractivity contribution in [1.82, 2.24) is 0 Å². The summed E-state index contributed by atoms with van der Waals surface area (Å²) in [5, 5.41) is 0. The fourth-order valence-electron chi connectivity index (χ4n) is 3.18. The Morgan fingerprint density at radius 2 is 1.85 bits per heavy atom. The lowest BCUT2D eigenvalue weighted by Crippen LogP contribution is -2.26. The number of ether oxygens (including phenoxy) is 2. The van der Waals surface area contributed by atoms with Crippen molar-refractivity contribution < 1.29 is 27.8 Å². The van der Waals surface area contributed by atoms with Crippen LogP contribution in [-0.2, 0) is 9.53 Å². The number of ketones is 1. The molecule has 0 aromatic heterocycles. The first-order valence-electron chi connectivity index (χ1n) is 8.90. The van der Waals surface area contributed by atoms with Crippen molar-refractivity contribution in [1.29, 1.82) is 0 Å². The molecule has 0 amide bonds. The highest BCUT2D eigenvalue weighted by Crippen LogP contribution is 2.31. The van der Waals surface area contributed by atoms with E-state index in [2.05, 4.69) is 4.74 Å². The quantitative estimate of drug-likeness (QED) is 0.561. The van der Waals surface area contributed by atoms with Crippen LogP contribution in [0, 0.1) is 17.6 Å². The molecule has 2 N–H and O–H groups in total. The molecule has 0 saturated heterocycles. The molecular formula is C19H25F2NO4. The third-order valence-electron chi connectivity index (χ3n) is 4.70. The number of carbonyl (C=O) groups is 2. The van der Waals surface area contributed by atoms with Crippen molar-refractivity contribution in [2.45, 2.75) is 51.0 Å². The summed E-state index contributed by atoms with van der Waals surface area (Å²) in [4.78, 5) is 23.2. The number of methoxy groups -OCH3 is 1. The molecule has 1 saturated carbocycles. The van der Waals surface area contributed by atoms with Gasteiger partial charge in [-0.1, -0.05) is 0 Å². The number of rotatable bonds is 8. The molecule has 1 aliphatic carbocycles. The molecule has 0 bridgehead atoms. The Morgan fingerprint density at radius 1 is 1.15 bits per heavy atom. The zero-order chi connectivity index (χ0) is 19.1. The van der Waals surface area contributed by atoms with E-state index in [0.717, 1.165) is 25.0 Å². The van der Waals surface area contributed by atoms with Gasteiger partial charge in [0, 0.05) is 18.9 Å². The van der Waals surface area contributed by atoms with Crippen molar-refractivity contribution in [2.24, 2.45) is 11.7 Å². The highest BCUT2D eigenvalue weighted by atomic mass is 19.1. The molecule has 0 atom stereocenters. The van der Waals surface area contributed by atoms with Crippen LogP contribution in [0.4, 0.5) is 8.78 Å². The number of nitrogens with two attached hydrogens (primary N) is 1. The second kappa shape index (κ2) is 9.62. The second-order valence-corrected chi connectivity index (χ2v) is 6.62. The number of esters is 1. The van der Waals surface area contributed by atoms with Crippen molar-refractivity contribution in [3.63, 3.8) is 0 Å². The Hall–Kier alpha value is -2.02. The lowest BCUT2D eigenvalue weighted by molar-refractivity contribution is -0.142. The Kier molecular flexibility index (Phi) is 7.50. The minimum Gasteiger partial charge on any atom is -0.487 e. The lowest BCUT2D eigenvalue weighted by Gasteiger charge is -2.28. The summed E-state index contributed by atoms with van der Waals surface area (Å²) in [5.41, 5.74) is 5.06. The molecule has 1 fully saturated rings. The summed E-state index contributed by atoms with van der Waals surface area (Å²) in [6.45, 7) is 0.315. The van der Waals surface area contributed by atoms with Crippen LogP contribution < -0.4 is 10.5 Å². The van der Waals surface area contributed by atoms with Crippen molar-refractivity contribution >= 4 is 11.8 Å². The average Bonchev–Trinajstić information content (AvgIpc) is 2.63. The zero-order valence-electron chi connectivity index (χ0n) is 14.9. The van der Waals surface area contributed by atoms with Gasteiger partial charge in [-0.25, -0.2) is 8.78 Å². The van der Waals surface area contributed by atoms with E-state index in [-0.39, 0.29) is 35.7 Å². The van der Waals surface area contributed by atoms with Gasteiger partial charge in [0.05, 0.1) is 18.8 Å². The van der Waals surface area contributed by atoms with Gasteiger partial charge in [-0.3, -0.25) is 9.59 Å². The lowest BCUT2D eigenvalue weighted by atomic mass is 9.85. The summed E-state index contributed by atoms with van der Waals surface area (Å²) in [6.07, 6.45) is 3.46. The highest BCUT2D eigenvalue weighted by Gasteiger charge is 2.26. The Balaban J connectivity index is 1.95. The third kappa shape index (κ3) is 5.49. The Labute approximate surface area is 151 Å². The van der Waals surface area contributed by atoms with E-state index in [9.17, 15) is 18.4 Å². The minimum atomic E-state index is -0.789. The van der Waals surface area contributed by atoms with Gasteiger partial charge in [0.2, 0.25) is 0 Å². The monoisotopic (exact) mass is 369 g/mol. The Morgan fingerprint density at radius 3 is 2.46 bits per heavy atom. The summed E-state index contributed by atoms with van der Waals surface area (Å²) >= 11 is 0. The van der Waals surface area contributed by atoms with Crippen molar-refractivity contribution in [3.8, 4) is 5.75 Å². The van der Waals surface area contributed by atoms with Crippen LogP contribution in [0.5, 0.6) is 5.75 Å². The predicted molar refractivity (Wildman–Crippen MR) is 92.0 cm³/mol. The molecule has 0 heterocycles. The third-order valence-corrected chi connectivity index (χ3v) is 4.70. The molecule has 0 unspecified atom stereocenters. The Bertz CT molecular complexity index is 643. The van der Waals surface area contributed by atoms with Crippen LogP contribution in [0.2, 0.25) is 0 Å². The topological polar surface area (TPSA) is 78.6 Å². The smallest absolute Gasteiger partial charge is 0.305 e. The summed E-state index contributed by atoms with van der Waals surface area (Å²) < 4.78 is 38.7. The zero-order valence-corrected chi connectivity index (χ0v) is 14.9. The molecule has 26 heavy (non-hydrogen) atoms. The van der Waals surface area contributed by atoms with E-state index in [4.69, 9.17) is 10.5 Å². The van der Waals surface area contributed by atoms with Crippen LogP contribution in [0.25, 0.3) is 0 Å². The van der Waals surface area contributed by atoms with Crippen LogP contribution in [0.15, 0.2) is 12.1 Å². The van der Waals surface area contributed by atoms with Gasteiger partial charge in [-0.15, -0.1) is 0 Å². The van der Waals surface area contributed by atoms with Crippen molar-refractivity contribution in [2.75, 3.05) is 13.7 Å². The number of carbonyl (C=O) groups excluding carboxylic acids is 2. The SMILES string of the molecule is COC(=O)CC1CCC(Oc2cc(F)c(C(=O)CCCN)cc2F)CC1. The number of benzene rings is 1. The fourth-order valence-corrected chi connectivity index (χ4v) is 3.18.